The molecule has 1 aromatic carbocycles. The van der Waals surface area contributed by atoms with E-state index in [0.29, 0.717) is 18.9 Å². The Kier molecular flexibility index (Phi) is 4.50. The molecule has 106 valence electrons. The zero-order valence-corrected chi connectivity index (χ0v) is 12.1. The number of likely N-dealkylation sites (N-methyl/N-ethyl adjacent to an activating group) is 1. The summed E-state index contributed by atoms with van der Waals surface area (Å²) in [5.74, 6) is 0.779. The second-order valence-electron chi connectivity index (χ2n) is 4.62. The number of amides is 1. The number of nitrogens with zero attached hydrogens (tertiary/aromatic N) is 3. The van der Waals surface area contributed by atoms with Gasteiger partial charge in [-0.15, -0.1) is 0 Å². The lowest BCUT2D eigenvalue weighted by Gasteiger charge is -2.24. The maximum absolute atomic E-state index is 12.3. The molecule has 2 rings (SSSR count). The lowest BCUT2D eigenvalue weighted by molar-refractivity contribution is -0.131. The smallest absolute Gasteiger partial charge is 0.244 e. The summed E-state index contributed by atoms with van der Waals surface area (Å²) in [6.07, 6.45) is 1.51. The zero-order chi connectivity index (χ0) is 14.5. The van der Waals surface area contributed by atoms with Gasteiger partial charge in [0, 0.05) is 18.5 Å². The minimum Gasteiger partial charge on any atom is -0.358 e. The van der Waals surface area contributed by atoms with Crippen LogP contribution in [0.5, 0.6) is 0 Å². The van der Waals surface area contributed by atoms with Gasteiger partial charge in [-0.2, -0.15) is 0 Å². The Labute approximate surface area is 119 Å². The van der Waals surface area contributed by atoms with E-state index in [-0.39, 0.29) is 11.9 Å². The number of para-hydroxylation sites is 1. The maximum Gasteiger partial charge on any atom is 0.244 e. The Morgan fingerprint density at radius 3 is 2.65 bits per heavy atom. The molecule has 0 radical (unpaired) electrons. The van der Waals surface area contributed by atoms with Gasteiger partial charge in [0.2, 0.25) is 5.91 Å². The monoisotopic (exact) mass is 272 g/mol. The predicted molar refractivity (Wildman–Crippen MR) is 80.6 cm³/mol. The standard InChI is InChI=1S/C15H20N4O/c1-4-19(5-2)15(20)11(3)18-14-12-8-6-7-9-13(12)16-10-17-14/h6-11H,4-5H2,1-3H3,(H,16,17,18). The summed E-state index contributed by atoms with van der Waals surface area (Å²) in [5, 5.41) is 4.12. The highest BCUT2D eigenvalue weighted by atomic mass is 16.2. The molecule has 0 saturated carbocycles. The lowest BCUT2D eigenvalue weighted by atomic mass is 10.2. The number of aromatic nitrogens is 2. The van der Waals surface area contributed by atoms with Gasteiger partial charge in [-0.05, 0) is 32.9 Å². The molecule has 5 nitrogen and oxygen atoms in total. The summed E-state index contributed by atoms with van der Waals surface area (Å²) in [4.78, 5) is 22.5. The number of anilines is 1. The van der Waals surface area contributed by atoms with Crippen LogP contribution in [0.1, 0.15) is 20.8 Å². The Morgan fingerprint density at radius 2 is 1.95 bits per heavy atom. The highest BCUT2D eigenvalue weighted by Crippen LogP contribution is 2.19. The molecule has 1 N–H and O–H groups in total. The van der Waals surface area contributed by atoms with Crippen molar-refractivity contribution in [3.8, 4) is 0 Å². The number of benzene rings is 1. The van der Waals surface area contributed by atoms with Gasteiger partial charge in [-0.1, -0.05) is 12.1 Å². The molecule has 20 heavy (non-hydrogen) atoms. The normalized spacial score (nSPS) is 12.2. The number of carbonyl (C=O) groups excluding carboxylic acids is 1. The fraction of sp³-hybridized carbons (Fsp3) is 0.400. The van der Waals surface area contributed by atoms with Gasteiger partial charge in [-0.25, -0.2) is 9.97 Å². The number of nitrogens with one attached hydrogen (secondary N) is 1. The molecule has 0 aliphatic heterocycles. The van der Waals surface area contributed by atoms with Crippen LogP contribution in [0.3, 0.4) is 0 Å². The summed E-state index contributed by atoms with van der Waals surface area (Å²) < 4.78 is 0. The third-order valence-corrected chi connectivity index (χ3v) is 3.34. The molecular formula is C15H20N4O. The molecule has 5 heteroatoms. The molecule has 0 spiro atoms. The summed E-state index contributed by atoms with van der Waals surface area (Å²) in [5.41, 5.74) is 0.868. The second kappa shape index (κ2) is 6.32. The topological polar surface area (TPSA) is 58.1 Å². The van der Waals surface area contributed by atoms with Crippen LogP contribution in [0.15, 0.2) is 30.6 Å². The molecule has 0 fully saturated rings. The number of carbonyl (C=O) groups is 1. The van der Waals surface area contributed by atoms with E-state index in [0.717, 1.165) is 10.9 Å². The van der Waals surface area contributed by atoms with Gasteiger partial charge in [-0.3, -0.25) is 4.79 Å². The molecule has 1 aromatic heterocycles. The largest absolute Gasteiger partial charge is 0.358 e. The van der Waals surface area contributed by atoms with Gasteiger partial charge in [0.1, 0.15) is 18.2 Å². The van der Waals surface area contributed by atoms with E-state index in [9.17, 15) is 4.79 Å². The van der Waals surface area contributed by atoms with Crippen LogP contribution in [-0.2, 0) is 4.79 Å². The van der Waals surface area contributed by atoms with Crippen LogP contribution in [-0.4, -0.2) is 39.9 Å². The molecule has 1 heterocycles. The second-order valence-corrected chi connectivity index (χ2v) is 4.62. The summed E-state index contributed by atoms with van der Waals surface area (Å²) in [6, 6.07) is 7.44. The van der Waals surface area contributed by atoms with Crippen LogP contribution in [0.2, 0.25) is 0 Å². The first-order valence-electron chi connectivity index (χ1n) is 6.92. The Hall–Kier alpha value is -2.17. The van der Waals surface area contributed by atoms with E-state index in [1.165, 1.54) is 6.33 Å². The van der Waals surface area contributed by atoms with Gasteiger partial charge < -0.3 is 10.2 Å². The van der Waals surface area contributed by atoms with Crippen molar-refractivity contribution in [2.24, 2.45) is 0 Å². The fourth-order valence-corrected chi connectivity index (χ4v) is 2.20. The van der Waals surface area contributed by atoms with Crippen molar-refractivity contribution in [3.05, 3.63) is 30.6 Å². The van der Waals surface area contributed by atoms with Gasteiger partial charge in [0.25, 0.3) is 0 Å². The first-order valence-corrected chi connectivity index (χ1v) is 6.92. The van der Waals surface area contributed by atoms with Crippen LogP contribution in [0.25, 0.3) is 10.9 Å². The van der Waals surface area contributed by atoms with Crippen LogP contribution >= 0.6 is 0 Å². The van der Waals surface area contributed by atoms with Gasteiger partial charge >= 0.3 is 0 Å². The van der Waals surface area contributed by atoms with E-state index < -0.39 is 0 Å². The zero-order valence-electron chi connectivity index (χ0n) is 12.1. The lowest BCUT2D eigenvalue weighted by Crippen LogP contribution is -2.41. The average molecular weight is 272 g/mol. The molecule has 2 aromatic rings. The van der Waals surface area contributed by atoms with E-state index in [2.05, 4.69) is 15.3 Å². The molecule has 0 bridgehead atoms. The van der Waals surface area contributed by atoms with E-state index in [4.69, 9.17) is 0 Å². The Morgan fingerprint density at radius 1 is 1.25 bits per heavy atom. The van der Waals surface area contributed by atoms with Crippen LogP contribution in [0, 0.1) is 0 Å². The Balaban J connectivity index is 2.22. The van der Waals surface area contributed by atoms with Crippen LogP contribution < -0.4 is 5.32 Å². The fourth-order valence-electron chi connectivity index (χ4n) is 2.20. The summed E-state index contributed by atoms with van der Waals surface area (Å²) in [7, 11) is 0. The van der Waals surface area contributed by atoms with E-state index in [1.807, 2.05) is 45.0 Å². The summed E-state index contributed by atoms with van der Waals surface area (Å²) >= 11 is 0. The van der Waals surface area contributed by atoms with Crippen molar-refractivity contribution in [1.29, 1.82) is 0 Å². The van der Waals surface area contributed by atoms with Crippen molar-refractivity contribution < 1.29 is 4.79 Å². The first kappa shape index (κ1) is 14.2. The molecule has 0 saturated heterocycles. The number of hydrogen-bond acceptors (Lipinski definition) is 4. The third kappa shape index (κ3) is 2.87. The highest BCUT2D eigenvalue weighted by Gasteiger charge is 2.19. The molecule has 0 aliphatic carbocycles. The van der Waals surface area contributed by atoms with E-state index in [1.54, 1.807) is 4.90 Å². The number of rotatable bonds is 5. The van der Waals surface area contributed by atoms with E-state index >= 15 is 0 Å². The van der Waals surface area contributed by atoms with Crippen molar-refractivity contribution in [2.45, 2.75) is 26.8 Å². The van der Waals surface area contributed by atoms with Gasteiger partial charge in [0.05, 0.1) is 5.52 Å². The average Bonchev–Trinajstić information content (AvgIpc) is 2.48. The summed E-state index contributed by atoms with van der Waals surface area (Å²) in [6.45, 7) is 7.25. The number of fused-ring (bicyclic) bond motifs is 1. The van der Waals surface area contributed by atoms with Crippen molar-refractivity contribution >= 4 is 22.6 Å². The predicted octanol–water partition coefficient (Wildman–Crippen LogP) is 2.30. The molecule has 0 aliphatic rings. The maximum atomic E-state index is 12.3. The minimum atomic E-state index is -0.312. The van der Waals surface area contributed by atoms with Crippen molar-refractivity contribution in [3.63, 3.8) is 0 Å². The molecular weight excluding hydrogens is 252 g/mol. The quantitative estimate of drug-likeness (QED) is 0.907. The first-order chi connectivity index (χ1) is 9.67. The third-order valence-electron chi connectivity index (χ3n) is 3.34. The minimum absolute atomic E-state index is 0.0812. The molecule has 1 atom stereocenters. The molecule has 1 amide bonds. The Bertz CT molecular complexity index is 590. The van der Waals surface area contributed by atoms with Gasteiger partial charge in [0.15, 0.2) is 0 Å². The SMILES string of the molecule is CCN(CC)C(=O)C(C)Nc1ncnc2ccccc12. The highest BCUT2D eigenvalue weighted by molar-refractivity contribution is 5.91. The van der Waals surface area contributed by atoms with Crippen LogP contribution in [0.4, 0.5) is 5.82 Å². The van der Waals surface area contributed by atoms with Crippen molar-refractivity contribution in [1.82, 2.24) is 14.9 Å². The van der Waals surface area contributed by atoms with Crippen molar-refractivity contribution in [2.75, 3.05) is 18.4 Å². The number of hydrogen-bond donors (Lipinski definition) is 1. The molecule has 1 unspecified atom stereocenters.